The standard InChI is InChI=1S/C26H29F2NO3/c1-19(2)25(30)32-17-7-15-26(27,28)14-6-16-31-22-12-10-20(11-13-22)24-18-21-8-4-5-9-23(21)29(24)3/h4-5,8-13,18H,1,6-7,14-17H2,2-3H3. The molecule has 0 N–H and O–H groups in total. The molecule has 0 amide bonds. The Hall–Kier alpha value is -3.15. The van der Waals surface area contributed by atoms with Crippen LogP contribution in [0.15, 0.2) is 66.7 Å². The van der Waals surface area contributed by atoms with E-state index in [0.29, 0.717) is 5.75 Å². The first-order chi connectivity index (χ1) is 15.3. The molecular formula is C26H29F2NO3. The molecule has 0 aliphatic carbocycles. The molecule has 3 aromatic rings. The molecule has 1 heterocycles. The number of ether oxygens (including phenoxy) is 2. The SMILES string of the molecule is C=C(C)C(=O)OCCCC(F)(F)CCCOc1ccc(-c2cc3ccccc3n2C)cc1. The van der Waals surface area contributed by atoms with E-state index in [1.165, 1.54) is 12.3 Å². The quantitative estimate of drug-likeness (QED) is 0.193. The third-order valence-corrected chi connectivity index (χ3v) is 5.33. The van der Waals surface area contributed by atoms with Gasteiger partial charge in [0.15, 0.2) is 0 Å². The van der Waals surface area contributed by atoms with Crippen molar-refractivity contribution >= 4 is 16.9 Å². The maximum atomic E-state index is 14.0. The summed E-state index contributed by atoms with van der Waals surface area (Å²) in [5, 5.41) is 1.18. The van der Waals surface area contributed by atoms with Crippen LogP contribution in [0.1, 0.15) is 32.6 Å². The average molecular weight is 442 g/mol. The second-order valence-corrected chi connectivity index (χ2v) is 8.00. The molecule has 3 rings (SSSR count). The molecular weight excluding hydrogens is 412 g/mol. The van der Waals surface area contributed by atoms with Gasteiger partial charge in [0.25, 0.3) is 0 Å². The Morgan fingerprint density at radius 3 is 2.34 bits per heavy atom. The van der Waals surface area contributed by atoms with Gasteiger partial charge in [-0.2, -0.15) is 0 Å². The van der Waals surface area contributed by atoms with Crippen LogP contribution in [0.2, 0.25) is 0 Å². The molecule has 2 aromatic carbocycles. The molecule has 0 aliphatic heterocycles. The molecule has 0 bridgehead atoms. The summed E-state index contributed by atoms with van der Waals surface area (Å²) in [7, 11) is 2.03. The Morgan fingerprint density at radius 2 is 1.69 bits per heavy atom. The maximum absolute atomic E-state index is 14.0. The van der Waals surface area contributed by atoms with E-state index in [4.69, 9.17) is 9.47 Å². The summed E-state index contributed by atoms with van der Waals surface area (Å²) >= 11 is 0. The number of para-hydroxylation sites is 1. The normalized spacial score (nSPS) is 11.5. The minimum absolute atomic E-state index is 0.0269. The van der Waals surface area contributed by atoms with Crippen LogP contribution in [0.3, 0.4) is 0 Å². The van der Waals surface area contributed by atoms with Crippen molar-refractivity contribution in [3.05, 3.63) is 66.7 Å². The van der Waals surface area contributed by atoms with Gasteiger partial charge in [-0.05, 0) is 61.7 Å². The summed E-state index contributed by atoms with van der Waals surface area (Å²) in [6.45, 7) is 5.16. The highest BCUT2D eigenvalue weighted by molar-refractivity contribution is 5.87. The van der Waals surface area contributed by atoms with E-state index in [1.807, 2.05) is 43.4 Å². The van der Waals surface area contributed by atoms with E-state index in [9.17, 15) is 13.6 Å². The van der Waals surface area contributed by atoms with Crippen molar-refractivity contribution < 1.29 is 23.0 Å². The van der Waals surface area contributed by atoms with Gasteiger partial charge in [0, 0.05) is 42.1 Å². The molecule has 170 valence electrons. The van der Waals surface area contributed by atoms with Crippen LogP contribution in [-0.2, 0) is 16.6 Å². The van der Waals surface area contributed by atoms with E-state index >= 15 is 0 Å². The zero-order valence-corrected chi connectivity index (χ0v) is 18.6. The molecule has 0 aliphatic rings. The van der Waals surface area contributed by atoms with Crippen LogP contribution in [0.25, 0.3) is 22.2 Å². The first-order valence-corrected chi connectivity index (χ1v) is 10.7. The number of aryl methyl sites for hydroxylation is 1. The minimum atomic E-state index is -2.81. The number of hydrogen-bond donors (Lipinski definition) is 0. The van der Waals surface area contributed by atoms with Crippen molar-refractivity contribution in [2.45, 2.75) is 38.5 Å². The molecule has 0 fully saturated rings. The molecule has 4 nitrogen and oxygen atoms in total. The lowest BCUT2D eigenvalue weighted by Gasteiger charge is -2.16. The number of hydrogen-bond acceptors (Lipinski definition) is 3. The number of carbonyl (C=O) groups excluding carboxylic acids is 1. The number of fused-ring (bicyclic) bond motifs is 1. The molecule has 0 radical (unpaired) electrons. The number of alkyl halides is 2. The zero-order valence-electron chi connectivity index (χ0n) is 18.6. The number of esters is 1. The van der Waals surface area contributed by atoms with E-state index in [0.717, 1.165) is 16.8 Å². The van der Waals surface area contributed by atoms with Crippen molar-refractivity contribution in [3.63, 3.8) is 0 Å². The topological polar surface area (TPSA) is 40.5 Å². The fourth-order valence-electron chi connectivity index (χ4n) is 3.55. The lowest BCUT2D eigenvalue weighted by atomic mass is 10.1. The van der Waals surface area contributed by atoms with Crippen LogP contribution < -0.4 is 4.74 Å². The van der Waals surface area contributed by atoms with Crippen molar-refractivity contribution in [1.82, 2.24) is 4.57 Å². The van der Waals surface area contributed by atoms with Crippen LogP contribution in [0, 0.1) is 0 Å². The van der Waals surface area contributed by atoms with E-state index in [1.54, 1.807) is 0 Å². The smallest absolute Gasteiger partial charge is 0.333 e. The number of nitrogens with zero attached hydrogens (tertiary/aromatic N) is 1. The van der Waals surface area contributed by atoms with Crippen molar-refractivity contribution in [3.8, 4) is 17.0 Å². The Bertz CT molecular complexity index is 1070. The molecule has 0 saturated carbocycles. The van der Waals surface area contributed by atoms with Crippen molar-refractivity contribution in [2.75, 3.05) is 13.2 Å². The first-order valence-electron chi connectivity index (χ1n) is 10.7. The highest BCUT2D eigenvalue weighted by atomic mass is 19.3. The summed E-state index contributed by atoms with van der Waals surface area (Å²) in [4.78, 5) is 11.2. The second-order valence-electron chi connectivity index (χ2n) is 8.00. The van der Waals surface area contributed by atoms with Crippen LogP contribution in [-0.4, -0.2) is 29.7 Å². The molecule has 0 spiro atoms. The van der Waals surface area contributed by atoms with Gasteiger partial charge in [-0.3, -0.25) is 0 Å². The molecule has 0 unspecified atom stereocenters. The van der Waals surface area contributed by atoms with Crippen molar-refractivity contribution in [2.24, 2.45) is 7.05 Å². The van der Waals surface area contributed by atoms with Gasteiger partial charge in [-0.25, -0.2) is 13.6 Å². The predicted molar refractivity (Wildman–Crippen MR) is 123 cm³/mol. The van der Waals surface area contributed by atoms with Gasteiger partial charge in [0.1, 0.15) is 5.75 Å². The molecule has 0 atom stereocenters. The summed E-state index contributed by atoms with van der Waals surface area (Å²) < 4.78 is 40.6. The second kappa shape index (κ2) is 10.4. The summed E-state index contributed by atoms with van der Waals surface area (Å²) in [6.07, 6.45) is -0.238. The van der Waals surface area contributed by atoms with Crippen LogP contribution >= 0.6 is 0 Å². The molecule has 1 aromatic heterocycles. The number of benzene rings is 2. The lowest BCUT2D eigenvalue weighted by Crippen LogP contribution is -2.18. The van der Waals surface area contributed by atoms with E-state index in [-0.39, 0.29) is 44.5 Å². The maximum Gasteiger partial charge on any atom is 0.333 e. The van der Waals surface area contributed by atoms with Gasteiger partial charge in [-0.1, -0.05) is 24.8 Å². The van der Waals surface area contributed by atoms with Crippen molar-refractivity contribution in [1.29, 1.82) is 0 Å². The summed E-state index contributed by atoms with van der Waals surface area (Å²) in [5.74, 6) is -2.70. The third-order valence-electron chi connectivity index (χ3n) is 5.33. The fraction of sp³-hybridized carbons (Fsp3) is 0.346. The Kier molecular flexibility index (Phi) is 7.67. The first kappa shape index (κ1) is 23.5. The highest BCUT2D eigenvalue weighted by Gasteiger charge is 2.27. The lowest BCUT2D eigenvalue weighted by molar-refractivity contribution is -0.139. The number of rotatable bonds is 11. The van der Waals surface area contributed by atoms with Gasteiger partial charge in [0.05, 0.1) is 13.2 Å². The number of aromatic nitrogens is 1. The zero-order chi connectivity index (χ0) is 23.1. The van der Waals surface area contributed by atoms with E-state index < -0.39 is 11.9 Å². The number of carbonyl (C=O) groups is 1. The summed E-state index contributed by atoms with van der Waals surface area (Å²) in [6, 6.07) is 18.0. The fourth-order valence-corrected chi connectivity index (χ4v) is 3.55. The molecule has 6 heteroatoms. The highest BCUT2D eigenvalue weighted by Crippen LogP contribution is 2.29. The molecule has 32 heavy (non-hydrogen) atoms. The average Bonchev–Trinajstić information content (AvgIpc) is 3.11. The number of halogens is 2. The minimum Gasteiger partial charge on any atom is -0.494 e. The van der Waals surface area contributed by atoms with Gasteiger partial charge >= 0.3 is 5.97 Å². The Labute approximate surface area is 187 Å². The van der Waals surface area contributed by atoms with Crippen LogP contribution in [0.4, 0.5) is 8.78 Å². The van der Waals surface area contributed by atoms with Gasteiger partial charge < -0.3 is 14.0 Å². The molecule has 0 saturated heterocycles. The Morgan fingerprint density at radius 1 is 1.03 bits per heavy atom. The largest absolute Gasteiger partial charge is 0.494 e. The Balaban J connectivity index is 1.43. The van der Waals surface area contributed by atoms with Gasteiger partial charge in [0.2, 0.25) is 5.92 Å². The van der Waals surface area contributed by atoms with Gasteiger partial charge in [-0.15, -0.1) is 0 Å². The van der Waals surface area contributed by atoms with Crippen LogP contribution in [0.5, 0.6) is 5.75 Å². The van der Waals surface area contributed by atoms with E-state index in [2.05, 4.69) is 29.3 Å². The predicted octanol–water partition coefficient (Wildman–Crippen LogP) is 6.54. The third kappa shape index (κ3) is 6.19. The summed E-state index contributed by atoms with van der Waals surface area (Å²) in [5.41, 5.74) is 3.60. The monoisotopic (exact) mass is 441 g/mol.